The maximum absolute atomic E-state index is 11.7. The van der Waals surface area contributed by atoms with Gasteiger partial charge in [-0.2, -0.15) is 0 Å². The van der Waals surface area contributed by atoms with Gasteiger partial charge in [0, 0.05) is 20.3 Å². The molecular formula is C39H69NO5. The van der Waals surface area contributed by atoms with Crippen LogP contribution in [0, 0.1) is 46.8 Å². The Hall–Kier alpha value is -1.66. The Labute approximate surface area is 277 Å². The molecule has 0 radical (unpaired) electrons. The van der Waals surface area contributed by atoms with Crippen molar-refractivity contribution in [3.8, 4) is 0 Å². The second kappa shape index (κ2) is 19.2. The van der Waals surface area contributed by atoms with Crippen LogP contribution in [-0.2, 0) is 14.3 Å². The molecule has 45 heavy (non-hydrogen) atoms. The molecule has 4 aliphatic carbocycles. The smallest absolute Gasteiger partial charge is 0.404 e. The van der Waals surface area contributed by atoms with Crippen molar-refractivity contribution in [3.05, 3.63) is 23.3 Å². The van der Waals surface area contributed by atoms with Crippen LogP contribution < -0.4 is 5.32 Å². The maximum atomic E-state index is 11.7. The summed E-state index contributed by atoms with van der Waals surface area (Å²) in [7, 11) is 0. The van der Waals surface area contributed by atoms with Gasteiger partial charge in [-0.05, 0) is 116 Å². The summed E-state index contributed by atoms with van der Waals surface area (Å²) in [4.78, 5) is 21.8. The third kappa shape index (κ3) is 10.9. The van der Waals surface area contributed by atoms with E-state index < -0.39 is 6.09 Å². The number of allylic oxidation sites excluding steroid dienone is 4. The number of fused-ring (bicyclic) bond motifs is 5. The molecule has 6 atom stereocenters. The molecule has 4 aliphatic rings. The topological polar surface area (TPSA) is 84.9 Å². The van der Waals surface area contributed by atoms with Gasteiger partial charge in [0.05, 0.1) is 26.4 Å². The summed E-state index contributed by atoms with van der Waals surface area (Å²) in [5.74, 6) is 6.10. The van der Waals surface area contributed by atoms with Gasteiger partial charge in [0.1, 0.15) is 5.78 Å². The number of hydrogen-bond acceptors (Lipinski definition) is 4. The summed E-state index contributed by atoms with van der Waals surface area (Å²) >= 11 is 0. The molecule has 6 heteroatoms. The summed E-state index contributed by atoms with van der Waals surface area (Å²) < 4.78 is 10.4. The normalized spacial score (nSPS) is 27.8. The quantitative estimate of drug-likeness (QED) is 0.156. The number of amides is 1. The third-order valence-corrected chi connectivity index (χ3v) is 11.9. The van der Waals surface area contributed by atoms with Crippen molar-refractivity contribution >= 4 is 11.9 Å². The minimum atomic E-state index is -1.06. The lowest BCUT2D eigenvalue weighted by atomic mass is 9.52. The van der Waals surface area contributed by atoms with Crippen molar-refractivity contribution in [2.75, 3.05) is 33.0 Å². The van der Waals surface area contributed by atoms with Gasteiger partial charge in [-0.3, -0.25) is 4.79 Å². The largest absolute Gasteiger partial charge is 0.465 e. The Bertz CT molecular complexity index is 975. The van der Waals surface area contributed by atoms with Gasteiger partial charge in [0.25, 0.3) is 0 Å². The minimum absolute atomic E-state index is 0. The van der Waals surface area contributed by atoms with E-state index in [1.54, 1.807) is 5.57 Å². The molecule has 2 fully saturated rings. The molecule has 0 heterocycles. The van der Waals surface area contributed by atoms with Crippen LogP contribution in [0.5, 0.6) is 0 Å². The van der Waals surface area contributed by atoms with Crippen molar-refractivity contribution in [2.24, 2.45) is 46.8 Å². The van der Waals surface area contributed by atoms with E-state index in [2.05, 4.69) is 45.2 Å². The summed E-state index contributed by atoms with van der Waals surface area (Å²) in [5.41, 5.74) is 4.19. The number of hydrogen-bond donors (Lipinski definition) is 2. The fraction of sp³-hybridized carbons (Fsp3) is 0.846. The van der Waals surface area contributed by atoms with Gasteiger partial charge >= 0.3 is 6.09 Å². The number of Topliss-reactive ketones (excluding diaryl/α,β-unsaturated/α-hetero) is 1. The van der Waals surface area contributed by atoms with E-state index in [0.717, 1.165) is 48.3 Å². The molecule has 0 aromatic rings. The van der Waals surface area contributed by atoms with E-state index in [9.17, 15) is 9.59 Å². The third-order valence-electron chi connectivity index (χ3n) is 11.9. The van der Waals surface area contributed by atoms with Crippen molar-refractivity contribution in [3.63, 3.8) is 0 Å². The highest BCUT2D eigenvalue weighted by Crippen LogP contribution is 2.64. The average Bonchev–Trinajstić information content (AvgIpc) is 3.38. The van der Waals surface area contributed by atoms with E-state index in [1.807, 2.05) is 19.4 Å². The molecule has 2 N–H and O–H groups in total. The molecule has 1 amide bonds. The SMILES string of the molecule is CC(C)CCC[C@@H](C)[C@H]1CC[C@H]2[C@@H]3CC=C4CCCC=C4[C@H]3CC[C@]12C.CCC(CC)C(=O)CCOCCOCCNC(=O)O.[HH]. The van der Waals surface area contributed by atoms with E-state index in [0.29, 0.717) is 38.3 Å². The fourth-order valence-electron chi connectivity index (χ4n) is 9.41. The van der Waals surface area contributed by atoms with Crippen LogP contribution in [-0.4, -0.2) is 50.0 Å². The van der Waals surface area contributed by atoms with Crippen molar-refractivity contribution < 1.29 is 25.6 Å². The predicted molar refractivity (Wildman–Crippen MR) is 186 cm³/mol. The average molecular weight is 632 g/mol. The summed E-state index contributed by atoms with van der Waals surface area (Å²) in [6.45, 7) is 15.9. The van der Waals surface area contributed by atoms with Crippen LogP contribution in [0.4, 0.5) is 4.79 Å². The Kier molecular flexibility index (Phi) is 16.2. The maximum Gasteiger partial charge on any atom is 0.404 e. The second-order valence-electron chi connectivity index (χ2n) is 15.1. The molecule has 2 saturated carbocycles. The van der Waals surface area contributed by atoms with Gasteiger partial charge in [0.2, 0.25) is 0 Å². The number of rotatable bonds is 17. The van der Waals surface area contributed by atoms with E-state index >= 15 is 0 Å². The van der Waals surface area contributed by atoms with Crippen molar-refractivity contribution in [2.45, 2.75) is 131 Å². The standard InChI is InChI=1S/C26H42.C13H25NO5.H2/c1-18(2)8-7-9-19(3)24-14-15-25-23-13-12-20-10-5-6-11-21(20)22(23)16-17-26(24,25)4;1-3-11(4-2)12(15)5-7-18-9-10-19-8-6-14-13(16)17;/h11-12,18-19,22-25H,5-10,13-17H2,1-4H3;11,14H,3-10H2,1-2H3,(H,16,17);1H/t19-,22-,23-,24-,25+,26-;;/m1../s1. The molecule has 0 unspecified atom stereocenters. The zero-order valence-corrected chi connectivity index (χ0v) is 29.7. The van der Waals surface area contributed by atoms with Crippen molar-refractivity contribution in [1.82, 2.24) is 5.32 Å². The highest BCUT2D eigenvalue weighted by atomic mass is 16.5. The number of ether oxygens (including phenoxy) is 2. The first-order valence-corrected chi connectivity index (χ1v) is 18.7. The molecule has 0 aromatic heterocycles. The van der Waals surface area contributed by atoms with Crippen LogP contribution in [0.3, 0.4) is 0 Å². The van der Waals surface area contributed by atoms with Crippen LogP contribution >= 0.6 is 0 Å². The van der Waals surface area contributed by atoms with Gasteiger partial charge in [-0.15, -0.1) is 0 Å². The first-order valence-electron chi connectivity index (χ1n) is 18.7. The molecule has 0 aliphatic heterocycles. The highest BCUT2D eigenvalue weighted by molar-refractivity contribution is 5.80. The van der Waals surface area contributed by atoms with Gasteiger partial charge < -0.3 is 19.9 Å². The molecule has 0 aromatic carbocycles. The van der Waals surface area contributed by atoms with Gasteiger partial charge in [-0.1, -0.05) is 73.0 Å². The second-order valence-corrected chi connectivity index (χ2v) is 15.1. The fourth-order valence-corrected chi connectivity index (χ4v) is 9.41. The molecule has 0 spiro atoms. The zero-order valence-electron chi connectivity index (χ0n) is 29.7. The monoisotopic (exact) mass is 632 g/mol. The van der Waals surface area contributed by atoms with Crippen LogP contribution in [0.15, 0.2) is 23.3 Å². The summed E-state index contributed by atoms with van der Waals surface area (Å²) in [6, 6.07) is 0. The Morgan fingerprint density at radius 3 is 2.44 bits per heavy atom. The Morgan fingerprint density at radius 2 is 1.76 bits per heavy atom. The molecular weight excluding hydrogens is 562 g/mol. The number of ketones is 1. The summed E-state index contributed by atoms with van der Waals surface area (Å²) in [5, 5.41) is 10.5. The highest BCUT2D eigenvalue weighted by Gasteiger charge is 2.55. The van der Waals surface area contributed by atoms with E-state index in [4.69, 9.17) is 14.6 Å². The number of carboxylic acid groups (broad SMARTS) is 1. The molecule has 260 valence electrons. The minimum Gasteiger partial charge on any atom is -0.465 e. The number of carbonyl (C=O) groups is 2. The zero-order chi connectivity index (χ0) is 32.8. The molecule has 0 bridgehead atoms. The van der Waals surface area contributed by atoms with Gasteiger partial charge in [-0.25, -0.2) is 4.79 Å². The lowest BCUT2D eigenvalue weighted by molar-refractivity contribution is -0.124. The first kappa shape index (κ1) is 37.8. The van der Waals surface area contributed by atoms with Crippen LogP contribution in [0.1, 0.15) is 133 Å². The summed E-state index contributed by atoms with van der Waals surface area (Å²) in [6.07, 6.45) is 22.3. The van der Waals surface area contributed by atoms with E-state index in [1.165, 1.54) is 70.6 Å². The van der Waals surface area contributed by atoms with Crippen molar-refractivity contribution in [1.29, 1.82) is 0 Å². The number of carbonyl (C=O) groups excluding carboxylic acids is 1. The molecule has 6 nitrogen and oxygen atoms in total. The Morgan fingerprint density at radius 1 is 1.02 bits per heavy atom. The lowest BCUT2D eigenvalue weighted by Gasteiger charge is -2.52. The predicted octanol–water partition coefficient (Wildman–Crippen LogP) is 9.88. The Balaban J connectivity index is 0.000000332. The lowest BCUT2D eigenvalue weighted by Crippen LogP contribution is -2.44. The molecule has 4 rings (SSSR count). The number of nitrogens with one attached hydrogen (secondary N) is 1. The van der Waals surface area contributed by atoms with Crippen LogP contribution in [0.25, 0.3) is 0 Å². The van der Waals surface area contributed by atoms with Gasteiger partial charge in [0.15, 0.2) is 0 Å². The van der Waals surface area contributed by atoms with Crippen LogP contribution in [0.2, 0.25) is 0 Å². The first-order chi connectivity index (χ1) is 21.6. The molecule has 0 saturated heterocycles. The van der Waals surface area contributed by atoms with E-state index in [-0.39, 0.29) is 19.7 Å².